The monoisotopic (exact) mass is 372 g/mol. The van der Waals surface area contributed by atoms with E-state index < -0.39 is 0 Å². The minimum Gasteiger partial charge on any atom is -0.354 e. The Bertz CT molecular complexity index is 721. The van der Waals surface area contributed by atoms with Crippen molar-refractivity contribution < 1.29 is 14.4 Å². The summed E-state index contributed by atoms with van der Waals surface area (Å²) in [4.78, 5) is 38.4. The van der Waals surface area contributed by atoms with Crippen LogP contribution < -0.4 is 5.32 Å². The molecule has 26 heavy (non-hydrogen) atoms. The lowest BCUT2D eigenvalue weighted by Crippen LogP contribution is -2.39. The third-order valence-electron chi connectivity index (χ3n) is 4.86. The minimum absolute atomic E-state index is 0.0480. The molecule has 2 aliphatic rings. The highest BCUT2D eigenvalue weighted by Gasteiger charge is 2.34. The van der Waals surface area contributed by atoms with Crippen LogP contribution in [0.4, 0.5) is 4.79 Å². The van der Waals surface area contributed by atoms with Crippen LogP contribution in [0.5, 0.6) is 0 Å². The number of benzene rings is 1. The van der Waals surface area contributed by atoms with Crippen LogP contribution in [-0.2, 0) is 9.59 Å². The second kappa shape index (κ2) is 8.54. The molecule has 6 heteroatoms. The van der Waals surface area contributed by atoms with Crippen LogP contribution in [0.15, 0.2) is 29.2 Å². The fourth-order valence-corrected chi connectivity index (χ4v) is 4.17. The van der Waals surface area contributed by atoms with Crippen LogP contribution >= 0.6 is 11.8 Å². The van der Waals surface area contributed by atoms with E-state index in [1.165, 1.54) is 11.3 Å². The Morgan fingerprint density at radius 2 is 1.88 bits per heavy atom. The van der Waals surface area contributed by atoms with E-state index in [9.17, 15) is 14.4 Å². The highest BCUT2D eigenvalue weighted by Crippen LogP contribution is 2.32. The first-order chi connectivity index (χ1) is 12.5. The summed E-state index contributed by atoms with van der Waals surface area (Å²) in [5.74, 6) is -0.153. The Kier molecular flexibility index (Phi) is 6.14. The standard InChI is InChI=1S/C20H24N2O3S/c1-14-7-9-15(10-8-14)13-17-19(24)22(20(25)26-17)12-11-21-18(23)16-5-3-2-4-6-16/h7-10,13,16H,2-6,11-12H2,1H3,(H,21,23)/b17-13-. The molecule has 0 radical (unpaired) electrons. The second-order valence-electron chi connectivity index (χ2n) is 6.87. The molecule has 0 unspecified atom stereocenters. The number of hydrogen-bond donors (Lipinski definition) is 1. The van der Waals surface area contributed by atoms with Crippen LogP contribution in [0.2, 0.25) is 0 Å². The van der Waals surface area contributed by atoms with Crippen LogP contribution in [0.1, 0.15) is 43.2 Å². The SMILES string of the molecule is Cc1ccc(/C=C2\SC(=O)N(CCNC(=O)C3CCCCC3)C2=O)cc1. The fraction of sp³-hybridized carbons (Fsp3) is 0.450. The Morgan fingerprint density at radius 1 is 1.19 bits per heavy atom. The van der Waals surface area contributed by atoms with Crippen LogP contribution in [0, 0.1) is 12.8 Å². The normalized spacial score (nSPS) is 20.0. The van der Waals surface area contributed by atoms with Gasteiger partial charge in [0.25, 0.3) is 11.1 Å². The summed E-state index contributed by atoms with van der Waals surface area (Å²) in [5, 5.41) is 2.60. The van der Waals surface area contributed by atoms with E-state index in [1.807, 2.05) is 31.2 Å². The molecule has 5 nitrogen and oxygen atoms in total. The van der Waals surface area contributed by atoms with Crippen molar-refractivity contribution in [3.8, 4) is 0 Å². The van der Waals surface area contributed by atoms with Gasteiger partial charge in [0.1, 0.15) is 0 Å². The number of nitrogens with zero attached hydrogens (tertiary/aromatic N) is 1. The van der Waals surface area contributed by atoms with Gasteiger partial charge in [-0.3, -0.25) is 19.3 Å². The van der Waals surface area contributed by atoms with Crippen molar-refractivity contribution in [3.63, 3.8) is 0 Å². The first-order valence-corrected chi connectivity index (χ1v) is 9.96. The van der Waals surface area contributed by atoms with Gasteiger partial charge < -0.3 is 5.32 Å². The number of imide groups is 1. The van der Waals surface area contributed by atoms with Crippen molar-refractivity contribution >= 4 is 34.9 Å². The molecule has 0 bridgehead atoms. The van der Waals surface area contributed by atoms with Crippen LogP contribution in [0.25, 0.3) is 6.08 Å². The summed E-state index contributed by atoms with van der Waals surface area (Å²) in [6, 6.07) is 7.79. The first-order valence-electron chi connectivity index (χ1n) is 9.14. The van der Waals surface area contributed by atoms with Crippen LogP contribution in [0.3, 0.4) is 0 Å². The van der Waals surface area contributed by atoms with Gasteiger partial charge in [-0.2, -0.15) is 0 Å². The van der Waals surface area contributed by atoms with Gasteiger partial charge in [-0.05, 0) is 43.2 Å². The quantitative estimate of drug-likeness (QED) is 0.800. The topological polar surface area (TPSA) is 66.5 Å². The van der Waals surface area contributed by atoms with E-state index in [2.05, 4.69) is 5.32 Å². The number of thioether (sulfide) groups is 1. The van der Waals surface area contributed by atoms with Gasteiger partial charge in [-0.25, -0.2) is 0 Å². The second-order valence-corrected chi connectivity index (χ2v) is 7.86. The lowest BCUT2D eigenvalue weighted by Gasteiger charge is -2.21. The Labute approximate surface area is 158 Å². The van der Waals surface area contributed by atoms with Gasteiger partial charge >= 0.3 is 0 Å². The molecule has 0 aromatic heterocycles. The minimum atomic E-state index is -0.285. The molecule has 3 rings (SSSR count). The molecule has 0 spiro atoms. The van der Waals surface area contributed by atoms with E-state index in [0.717, 1.165) is 48.6 Å². The molecule has 3 amide bonds. The summed E-state index contributed by atoms with van der Waals surface area (Å²) in [5.41, 5.74) is 2.04. The molecule has 1 N–H and O–H groups in total. The molecule has 1 aromatic carbocycles. The fourth-order valence-electron chi connectivity index (χ4n) is 3.31. The lowest BCUT2D eigenvalue weighted by atomic mass is 9.89. The maximum absolute atomic E-state index is 12.5. The van der Waals surface area contributed by atoms with Crippen molar-refractivity contribution in [1.82, 2.24) is 10.2 Å². The largest absolute Gasteiger partial charge is 0.354 e. The number of amides is 3. The smallest absolute Gasteiger partial charge is 0.293 e. The Morgan fingerprint density at radius 3 is 2.58 bits per heavy atom. The number of hydrogen-bond acceptors (Lipinski definition) is 4. The summed E-state index contributed by atoms with van der Waals surface area (Å²) in [6.45, 7) is 2.53. The molecule has 0 atom stereocenters. The van der Waals surface area contributed by atoms with Gasteiger partial charge in [-0.15, -0.1) is 0 Å². The van der Waals surface area contributed by atoms with E-state index >= 15 is 0 Å². The zero-order chi connectivity index (χ0) is 18.5. The van der Waals surface area contributed by atoms with Gasteiger partial charge in [0.05, 0.1) is 4.91 Å². The molecule has 1 saturated heterocycles. The average Bonchev–Trinajstić information content (AvgIpc) is 2.91. The zero-order valence-electron chi connectivity index (χ0n) is 15.0. The lowest BCUT2D eigenvalue weighted by molar-refractivity contribution is -0.127. The zero-order valence-corrected chi connectivity index (χ0v) is 15.8. The van der Waals surface area contributed by atoms with E-state index in [0.29, 0.717) is 11.4 Å². The summed E-state index contributed by atoms with van der Waals surface area (Å²) >= 11 is 0.954. The number of rotatable bonds is 5. The molecule has 1 aromatic rings. The molecule has 1 saturated carbocycles. The van der Waals surface area contributed by atoms with Crippen molar-refractivity contribution in [1.29, 1.82) is 0 Å². The molecular weight excluding hydrogens is 348 g/mol. The number of carbonyl (C=O) groups excluding carboxylic acids is 3. The van der Waals surface area contributed by atoms with E-state index in [1.54, 1.807) is 6.08 Å². The third kappa shape index (κ3) is 4.55. The molecule has 2 fully saturated rings. The molecule has 1 aliphatic carbocycles. The number of carbonyl (C=O) groups is 3. The van der Waals surface area contributed by atoms with Crippen LogP contribution in [-0.4, -0.2) is 35.0 Å². The molecule has 138 valence electrons. The third-order valence-corrected chi connectivity index (χ3v) is 5.77. The van der Waals surface area contributed by atoms with Gasteiger partial charge in [0.15, 0.2) is 0 Å². The van der Waals surface area contributed by atoms with Crippen molar-refractivity contribution in [3.05, 3.63) is 40.3 Å². The summed E-state index contributed by atoms with van der Waals surface area (Å²) < 4.78 is 0. The predicted octanol–water partition coefficient (Wildman–Crippen LogP) is 3.73. The van der Waals surface area contributed by atoms with Gasteiger partial charge in [-0.1, -0.05) is 49.1 Å². The molecule has 1 aliphatic heterocycles. The van der Waals surface area contributed by atoms with E-state index in [-0.39, 0.29) is 29.5 Å². The first kappa shape index (κ1) is 18.7. The Hall–Kier alpha value is -2.08. The summed E-state index contributed by atoms with van der Waals surface area (Å²) in [6.07, 6.45) is 7.02. The maximum Gasteiger partial charge on any atom is 0.293 e. The maximum atomic E-state index is 12.5. The van der Waals surface area contributed by atoms with E-state index in [4.69, 9.17) is 0 Å². The highest BCUT2D eigenvalue weighted by molar-refractivity contribution is 8.18. The summed E-state index contributed by atoms with van der Waals surface area (Å²) in [7, 11) is 0. The molecule has 1 heterocycles. The Balaban J connectivity index is 1.53. The molecular formula is C20H24N2O3S. The van der Waals surface area contributed by atoms with Crippen molar-refractivity contribution in [2.45, 2.75) is 39.0 Å². The van der Waals surface area contributed by atoms with Gasteiger partial charge in [0, 0.05) is 19.0 Å². The average molecular weight is 372 g/mol. The predicted molar refractivity (Wildman–Crippen MR) is 103 cm³/mol. The van der Waals surface area contributed by atoms with Crippen molar-refractivity contribution in [2.75, 3.05) is 13.1 Å². The van der Waals surface area contributed by atoms with Crippen molar-refractivity contribution in [2.24, 2.45) is 5.92 Å². The van der Waals surface area contributed by atoms with Gasteiger partial charge in [0.2, 0.25) is 5.91 Å². The highest BCUT2D eigenvalue weighted by atomic mass is 32.2. The number of nitrogens with one attached hydrogen (secondary N) is 1. The number of aryl methyl sites for hydroxylation is 1.